The van der Waals surface area contributed by atoms with Crippen molar-refractivity contribution in [1.29, 1.82) is 0 Å². The fourth-order valence-corrected chi connectivity index (χ4v) is 1.78. The van der Waals surface area contributed by atoms with Crippen molar-refractivity contribution in [2.45, 2.75) is 13.0 Å². The molecule has 1 rings (SSSR count). The summed E-state index contributed by atoms with van der Waals surface area (Å²) in [4.78, 5) is 4.04. The van der Waals surface area contributed by atoms with Gasteiger partial charge < -0.3 is 10.4 Å². The molecule has 0 bridgehead atoms. The lowest BCUT2D eigenvalue weighted by Crippen LogP contribution is -2.11. The maximum Gasteiger partial charge on any atom is 0.139 e. The smallest absolute Gasteiger partial charge is 0.139 e. The Labute approximate surface area is 103 Å². The van der Waals surface area contributed by atoms with Crippen LogP contribution in [0.1, 0.15) is 6.92 Å². The van der Waals surface area contributed by atoms with Crippen molar-refractivity contribution < 1.29 is 5.11 Å². The molecule has 0 aliphatic heterocycles. The number of nitrogens with one attached hydrogen (secondary N) is 1. The second-order valence-electron chi connectivity index (χ2n) is 2.93. The minimum atomic E-state index is -0.368. The van der Waals surface area contributed by atoms with E-state index in [4.69, 9.17) is 28.9 Å². The Balaban J connectivity index is 2.41. The number of thioether (sulfide) groups is 1. The van der Waals surface area contributed by atoms with Gasteiger partial charge in [-0.1, -0.05) is 35.6 Å². The Hall–Kier alpha value is -0.360. The first-order valence-corrected chi connectivity index (χ1v) is 6.08. The van der Waals surface area contributed by atoms with Crippen LogP contribution in [0.2, 0.25) is 5.02 Å². The molecule has 0 fully saturated rings. The van der Waals surface area contributed by atoms with E-state index >= 15 is 0 Å². The first kappa shape index (κ1) is 12.7. The number of halogens is 1. The highest BCUT2D eigenvalue weighted by atomic mass is 35.5. The lowest BCUT2D eigenvalue weighted by atomic mass is 10.5. The standard InChI is InChI=1S/C9H11ClN2OS2/c1-6(13)5-15-9(14)12-8-3-2-7(10)4-11-8/h2-4,6,13H,5H2,1H3,(H,11,12,14). The van der Waals surface area contributed by atoms with Crippen LogP contribution in [0.5, 0.6) is 0 Å². The first-order chi connectivity index (χ1) is 7.08. The number of hydrogen-bond acceptors (Lipinski definition) is 4. The summed E-state index contributed by atoms with van der Waals surface area (Å²) in [5.41, 5.74) is 0. The maximum atomic E-state index is 9.06. The molecule has 0 saturated carbocycles. The molecule has 0 radical (unpaired) electrons. The highest BCUT2D eigenvalue weighted by Gasteiger charge is 2.02. The van der Waals surface area contributed by atoms with Gasteiger partial charge in [0.05, 0.1) is 11.1 Å². The molecular weight excluding hydrogens is 252 g/mol. The zero-order valence-corrected chi connectivity index (χ0v) is 10.5. The second kappa shape index (κ2) is 6.27. The third kappa shape index (κ3) is 5.32. The zero-order chi connectivity index (χ0) is 11.3. The van der Waals surface area contributed by atoms with E-state index in [2.05, 4.69) is 10.3 Å². The molecule has 0 aliphatic rings. The molecule has 1 heterocycles. The summed E-state index contributed by atoms with van der Waals surface area (Å²) in [5, 5.41) is 12.6. The minimum Gasteiger partial charge on any atom is -0.393 e. The SMILES string of the molecule is CC(O)CSC(=S)Nc1ccc(Cl)cn1. The fraction of sp³-hybridized carbons (Fsp3) is 0.333. The average molecular weight is 263 g/mol. The molecule has 2 N–H and O–H groups in total. The molecule has 0 saturated heterocycles. The van der Waals surface area contributed by atoms with E-state index in [0.717, 1.165) is 0 Å². The van der Waals surface area contributed by atoms with Gasteiger partial charge >= 0.3 is 0 Å². The average Bonchev–Trinajstić information content (AvgIpc) is 2.19. The summed E-state index contributed by atoms with van der Waals surface area (Å²) in [6.07, 6.45) is 1.18. The topological polar surface area (TPSA) is 45.1 Å². The van der Waals surface area contributed by atoms with E-state index in [1.807, 2.05) is 0 Å². The Morgan fingerprint density at radius 1 is 1.73 bits per heavy atom. The third-order valence-corrected chi connectivity index (χ3v) is 3.11. The number of aliphatic hydroxyl groups excluding tert-OH is 1. The normalized spacial score (nSPS) is 12.2. The maximum absolute atomic E-state index is 9.06. The molecule has 0 aliphatic carbocycles. The molecule has 0 spiro atoms. The van der Waals surface area contributed by atoms with E-state index in [1.165, 1.54) is 11.8 Å². The molecule has 1 aromatic rings. The van der Waals surface area contributed by atoms with Crippen LogP contribution in [0.25, 0.3) is 0 Å². The number of rotatable bonds is 3. The number of aromatic nitrogens is 1. The Bertz CT molecular complexity index is 329. The van der Waals surface area contributed by atoms with Crippen LogP contribution in [-0.2, 0) is 0 Å². The summed E-state index contributed by atoms with van der Waals surface area (Å²) >= 11 is 12.1. The van der Waals surface area contributed by atoms with Gasteiger partial charge in [0.25, 0.3) is 0 Å². The van der Waals surface area contributed by atoms with Crippen molar-refractivity contribution in [2.75, 3.05) is 11.1 Å². The number of anilines is 1. The van der Waals surface area contributed by atoms with E-state index < -0.39 is 0 Å². The highest BCUT2D eigenvalue weighted by Crippen LogP contribution is 2.13. The van der Waals surface area contributed by atoms with Gasteiger partial charge in [0, 0.05) is 11.9 Å². The van der Waals surface area contributed by atoms with Gasteiger partial charge in [-0.15, -0.1) is 0 Å². The molecule has 0 aromatic carbocycles. The van der Waals surface area contributed by atoms with Gasteiger partial charge in [0.1, 0.15) is 10.1 Å². The zero-order valence-electron chi connectivity index (χ0n) is 8.11. The van der Waals surface area contributed by atoms with Crippen LogP contribution < -0.4 is 5.32 Å². The van der Waals surface area contributed by atoms with Crippen LogP contribution in [0.3, 0.4) is 0 Å². The van der Waals surface area contributed by atoms with Crippen molar-refractivity contribution in [2.24, 2.45) is 0 Å². The van der Waals surface area contributed by atoms with Crippen molar-refractivity contribution in [3.8, 4) is 0 Å². The van der Waals surface area contributed by atoms with Crippen LogP contribution in [-0.4, -0.2) is 26.3 Å². The Kier molecular flexibility index (Phi) is 5.31. The second-order valence-corrected chi connectivity index (χ2v) is 5.07. The van der Waals surface area contributed by atoms with Gasteiger partial charge in [-0.25, -0.2) is 4.98 Å². The van der Waals surface area contributed by atoms with Gasteiger partial charge in [0.15, 0.2) is 0 Å². The van der Waals surface area contributed by atoms with E-state index in [-0.39, 0.29) is 6.10 Å². The first-order valence-electron chi connectivity index (χ1n) is 4.31. The number of nitrogens with zero attached hydrogens (tertiary/aromatic N) is 1. The van der Waals surface area contributed by atoms with Crippen molar-refractivity contribution in [3.05, 3.63) is 23.4 Å². The predicted molar refractivity (Wildman–Crippen MR) is 69.6 cm³/mol. The molecule has 3 nitrogen and oxygen atoms in total. The van der Waals surface area contributed by atoms with E-state index in [9.17, 15) is 0 Å². The van der Waals surface area contributed by atoms with Gasteiger partial charge in [0.2, 0.25) is 0 Å². The van der Waals surface area contributed by atoms with E-state index in [0.29, 0.717) is 20.9 Å². The molecule has 1 unspecified atom stereocenters. The fourth-order valence-electron chi connectivity index (χ4n) is 0.787. The molecular formula is C9H11ClN2OS2. The lowest BCUT2D eigenvalue weighted by Gasteiger charge is -2.07. The molecule has 1 atom stereocenters. The van der Waals surface area contributed by atoms with Crippen molar-refractivity contribution in [1.82, 2.24) is 4.98 Å². The van der Waals surface area contributed by atoms with Gasteiger partial charge in [-0.05, 0) is 19.1 Å². The Morgan fingerprint density at radius 3 is 3.00 bits per heavy atom. The monoisotopic (exact) mass is 262 g/mol. The molecule has 0 amide bonds. The number of pyridine rings is 1. The summed E-state index contributed by atoms with van der Waals surface area (Å²) in [6, 6.07) is 3.48. The molecule has 6 heteroatoms. The van der Waals surface area contributed by atoms with Gasteiger partial charge in [-0.3, -0.25) is 0 Å². The predicted octanol–water partition coefficient (Wildman–Crippen LogP) is 2.55. The van der Waals surface area contributed by atoms with Crippen molar-refractivity contribution >= 4 is 45.7 Å². The minimum absolute atomic E-state index is 0.368. The summed E-state index contributed by atoms with van der Waals surface area (Å²) < 4.78 is 0.589. The van der Waals surface area contributed by atoms with E-state index in [1.54, 1.807) is 25.3 Å². The van der Waals surface area contributed by atoms with Gasteiger partial charge in [-0.2, -0.15) is 0 Å². The molecule has 1 aromatic heterocycles. The number of hydrogen-bond donors (Lipinski definition) is 2. The summed E-state index contributed by atoms with van der Waals surface area (Å²) in [5.74, 6) is 1.22. The number of thiocarbonyl (C=S) groups is 1. The summed E-state index contributed by atoms with van der Waals surface area (Å²) in [7, 11) is 0. The molecule has 82 valence electrons. The largest absolute Gasteiger partial charge is 0.393 e. The van der Waals surface area contributed by atoms with Crippen LogP contribution in [0.15, 0.2) is 18.3 Å². The van der Waals surface area contributed by atoms with Crippen molar-refractivity contribution in [3.63, 3.8) is 0 Å². The quantitative estimate of drug-likeness (QED) is 0.820. The van der Waals surface area contributed by atoms with Crippen LogP contribution in [0.4, 0.5) is 5.82 Å². The Morgan fingerprint density at radius 2 is 2.47 bits per heavy atom. The van der Waals surface area contributed by atoms with Crippen LogP contribution in [0, 0.1) is 0 Å². The third-order valence-electron chi connectivity index (χ3n) is 1.41. The summed E-state index contributed by atoms with van der Waals surface area (Å²) in [6.45, 7) is 1.72. The highest BCUT2D eigenvalue weighted by molar-refractivity contribution is 8.23. The lowest BCUT2D eigenvalue weighted by molar-refractivity contribution is 0.220. The molecule has 15 heavy (non-hydrogen) atoms. The number of aliphatic hydroxyl groups is 1. The van der Waals surface area contributed by atoms with Crippen LogP contribution >= 0.6 is 35.6 Å².